The van der Waals surface area contributed by atoms with E-state index >= 15 is 0 Å². The van der Waals surface area contributed by atoms with Gasteiger partial charge in [0.25, 0.3) is 0 Å². The third-order valence-corrected chi connectivity index (χ3v) is 2.08. The molecule has 19 heavy (non-hydrogen) atoms. The molecule has 0 aromatic rings. The van der Waals surface area contributed by atoms with Gasteiger partial charge >= 0.3 is 12.1 Å². The van der Waals surface area contributed by atoms with E-state index in [0.717, 1.165) is 12.8 Å². The summed E-state index contributed by atoms with van der Waals surface area (Å²) in [4.78, 5) is 22.4. The maximum atomic E-state index is 11.3. The summed E-state index contributed by atoms with van der Waals surface area (Å²) in [5, 5.41) is 11.1. The van der Waals surface area contributed by atoms with E-state index in [1.165, 1.54) is 0 Å². The molecule has 0 aliphatic heterocycles. The van der Waals surface area contributed by atoms with Crippen LogP contribution in [0.2, 0.25) is 0 Å². The van der Waals surface area contributed by atoms with Crippen LogP contribution in [0.5, 0.6) is 0 Å². The second kappa shape index (κ2) is 9.61. The number of aliphatic hydroxyl groups is 1. The zero-order valence-corrected chi connectivity index (χ0v) is 12.0. The minimum atomic E-state index is -0.486. The summed E-state index contributed by atoms with van der Waals surface area (Å²) in [6, 6.07) is 0. The molecule has 0 unspecified atom stereocenters. The van der Waals surface area contributed by atoms with Gasteiger partial charge in [0, 0.05) is 13.0 Å². The lowest BCUT2D eigenvalue weighted by molar-refractivity contribution is -0.144. The number of rotatable bonds is 8. The van der Waals surface area contributed by atoms with Gasteiger partial charge in [-0.3, -0.25) is 4.79 Å². The van der Waals surface area contributed by atoms with E-state index in [0.29, 0.717) is 19.4 Å². The Balaban J connectivity index is 3.41. The van der Waals surface area contributed by atoms with Gasteiger partial charge in [0.15, 0.2) is 0 Å². The SMILES string of the molecule is CC(C)(C)OC(=O)NCCCCCC(=O)OCCO. The van der Waals surface area contributed by atoms with E-state index in [1.54, 1.807) is 0 Å². The highest BCUT2D eigenvalue weighted by molar-refractivity contribution is 5.69. The van der Waals surface area contributed by atoms with E-state index in [-0.39, 0.29) is 19.2 Å². The van der Waals surface area contributed by atoms with E-state index < -0.39 is 11.7 Å². The van der Waals surface area contributed by atoms with Crippen LogP contribution in [-0.2, 0) is 14.3 Å². The van der Waals surface area contributed by atoms with Gasteiger partial charge in [0.2, 0.25) is 0 Å². The lowest BCUT2D eigenvalue weighted by Crippen LogP contribution is -2.32. The molecule has 0 atom stereocenters. The van der Waals surface area contributed by atoms with Gasteiger partial charge in [0.1, 0.15) is 12.2 Å². The molecular formula is C13H25NO5. The number of aliphatic hydroxyl groups excluding tert-OH is 1. The van der Waals surface area contributed by atoms with Crippen molar-refractivity contribution in [3.05, 3.63) is 0 Å². The Kier molecular flexibility index (Phi) is 8.95. The molecule has 1 amide bonds. The number of carbonyl (C=O) groups excluding carboxylic acids is 2. The van der Waals surface area contributed by atoms with Gasteiger partial charge in [-0.1, -0.05) is 6.42 Å². The Bertz CT molecular complexity index is 273. The van der Waals surface area contributed by atoms with Crippen molar-refractivity contribution >= 4 is 12.1 Å². The van der Waals surface area contributed by atoms with Crippen molar-refractivity contribution in [1.82, 2.24) is 5.32 Å². The number of amides is 1. The minimum absolute atomic E-state index is 0.0546. The summed E-state index contributed by atoms with van der Waals surface area (Å²) in [7, 11) is 0. The third kappa shape index (κ3) is 12.9. The molecule has 0 spiro atoms. The van der Waals surface area contributed by atoms with Crippen LogP contribution in [-0.4, -0.2) is 42.5 Å². The van der Waals surface area contributed by atoms with Gasteiger partial charge in [-0.15, -0.1) is 0 Å². The van der Waals surface area contributed by atoms with E-state index in [2.05, 4.69) is 5.32 Å². The Morgan fingerprint density at radius 3 is 2.42 bits per heavy atom. The average Bonchev–Trinajstić information content (AvgIpc) is 2.28. The molecule has 0 saturated carbocycles. The summed E-state index contributed by atoms with van der Waals surface area (Å²) in [5.74, 6) is -0.297. The van der Waals surface area contributed by atoms with Crippen molar-refractivity contribution in [3.63, 3.8) is 0 Å². The zero-order chi connectivity index (χ0) is 14.7. The van der Waals surface area contributed by atoms with Crippen molar-refractivity contribution in [3.8, 4) is 0 Å². The number of ether oxygens (including phenoxy) is 2. The van der Waals surface area contributed by atoms with E-state index in [1.807, 2.05) is 20.8 Å². The van der Waals surface area contributed by atoms with Gasteiger partial charge in [-0.05, 0) is 33.6 Å². The summed E-state index contributed by atoms with van der Waals surface area (Å²) in [6.45, 7) is 5.87. The van der Waals surface area contributed by atoms with Crippen LogP contribution in [0, 0.1) is 0 Å². The number of esters is 1. The van der Waals surface area contributed by atoms with Crippen molar-refractivity contribution in [1.29, 1.82) is 0 Å². The molecule has 0 radical (unpaired) electrons. The molecule has 0 aliphatic carbocycles. The predicted octanol–water partition coefficient (Wildman–Crippen LogP) is 1.61. The average molecular weight is 275 g/mol. The molecule has 112 valence electrons. The maximum absolute atomic E-state index is 11.3. The smallest absolute Gasteiger partial charge is 0.407 e. The molecule has 0 fully saturated rings. The first kappa shape index (κ1) is 17.7. The molecule has 0 aliphatic rings. The first-order chi connectivity index (χ1) is 8.85. The Morgan fingerprint density at radius 2 is 1.84 bits per heavy atom. The second-order valence-electron chi connectivity index (χ2n) is 5.18. The van der Waals surface area contributed by atoms with Crippen molar-refractivity contribution in [2.75, 3.05) is 19.8 Å². The first-order valence-corrected chi connectivity index (χ1v) is 6.58. The largest absolute Gasteiger partial charge is 0.463 e. The number of nitrogens with one attached hydrogen (secondary N) is 1. The van der Waals surface area contributed by atoms with Gasteiger partial charge in [-0.2, -0.15) is 0 Å². The monoisotopic (exact) mass is 275 g/mol. The second-order valence-corrected chi connectivity index (χ2v) is 5.18. The highest BCUT2D eigenvalue weighted by Crippen LogP contribution is 2.06. The standard InChI is InChI=1S/C13H25NO5/c1-13(2,3)19-12(17)14-8-6-4-5-7-11(16)18-10-9-15/h15H,4-10H2,1-3H3,(H,14,17). The fraction of sp³-hybridized carbons (Fsp3) is 0.846. The normalized spacial score (nSPS) is 10.9. The molecule has 0 aromatic carbocycles. The van der Waals surface area contributed by atoms with Gasteiger partial charge in [-0.25, -0.2) is 4.79 Å². The molecule has 0 aromatic heterocycles. The Morgan fingerprint density at radius 1 is 1.16 bits per heavy atom. The van der Waals surface area contributed by atoms with Crippen molar-refractivity contribution in [2.45, 2.75) is 52.1 Å². The molecule has 0 bridgehead atoms. The quantitative estimate of drug-likeness (QED) is 0.519. The van der Waals surface area contributed by atoms with E-state index in [4.69, 9.17) is 14.6 Å². The highest BCUT2D eigenvalue weighted by atomic mass is 16.6. The number of carbonyl (C=O) groups is 2. The van der Waals surface area contributed by atoms with Crippen LogP contribution in [0.25, 0.3) is 0 Å². The number of hydrogen-bond donors (Lipinski definition) is 2. The predicted molar refractivity (Wildman–Crippen MR) is 70.7 cm³/mol. The zero-order valence-electron chi connectivity index (χ0n) is 12.0. The maximum Gasteiger partial charge on any atom is 0.407 e. The summed E-state index contributed by atoms with van der Waals surface area (Å²) in [5.41, 5.74) is -0.486. The molecule has 0 rings (SSSR count). The fourth-order valence-electron chi connectivity index (χ4n) is 1.31. The van der Waals surface area contributed by atoms with Crippen LogP contribution in [0.15, 0.2) is 0 Å². The number of unbranched alkanes of at least 4 members (excludes halogenated alkanes) is 2. The van der Waals surface area contributed by atoms with Crippen molar-refractivity contribution in [2.24, 2.45) is 0 Å². The summed E-state index contributed by atoms with van der Waals surface area (Å²) < 4.78 is 9.79. The third-order valence-electron chi connectivity index (χ3n) is 2.08. The Hall–Kier alpha value is -1.30. The van der Waals surface area contributed by atoms with Crippen molar-refractivity contribution < 1.29 is 24.2 Å². The molecule has 6 nitrogen and oxygen atoms in total. The summed E-state index contributed by atoms with van der Waals surface area (Å²) >= 11 is 0. The lowest BCUT2D eigenvalue weighted by atomic mass is 10.2. The summed E-state index contributed by atoms with van der Waals surface area (Å²) in [6.07, 6.45) is 2.23. The molecule has 0 heterocycles. The number of alkyl carbamates (subject to hydrolysis) is 1. The van der Waals surface area contributed by atoms with Crippen LogP contribution in [0.4, 0.5) is 4.79 Å². The van der Waals surface area contributed by atoms with E-state index in [9.17, 15) is 9.59 Å². The topological polar surface area (TPSA) is 84.9 Å². The Labute approximate surface area is 114 Å². The van der Waals surface area contributed by atoms with Crippen LogP contribution >= 0.6 is 0 Å². The minimum Gasteiger partial charge on any atom is -0.463 e. The van der Waals surface area contributed by atoms with Gasteiger partial charge in [0.05, 0.1) is 6.61 Å². The van der Waals surface area contributed by atoms with Crippen LogP contribution in [0.3, 0.4) is 0 Å². The first-order valence-electron chi connectivity index (χ1n) is 6.58. The van der Waals surface area contributed by atoms with Gasteiger partial charge < -0.3 is 19.9 Å². The van der Waals surface area contributed by atoms with Crippen LogP contribution < -0.4 is 5.32 Å². The fourth-order valence-corrected chi connectivity index (χ4v) is 1.31. The van der Waals surface area contributed by atoms with Crippen LogP contribution in [0.1, 0.15) is 46.5 Å². The highest BCUT2D eigenvalue weighted by Gasteiger charge is 2.15. The molecule has 2 N–H and O–H groups in total. The molecular weight excluding hydrogens is 250 g/mol. The number of hydrogen-bond acceptors (Lipinski definition) is 5. The lowest BCUT2D eigenvalue weighted by Gasteiger charge is -2.19. The molecule has 6 heteroatoms. The molecule has 0 saturated heterocycles.